The van der Waals surface area contributed by atoms with Crippen LogP contribution in [0.2, 0.25) is 0 Å². The van der Waals surface area contributed by atoms with E-state index in [1.807, 2.05) is 0 Å². The Hall–Kier alpha value is -3.20. The number of hydrogen-bond acceptors (Lipinski definition) is 5. The number of carbonyl (C=O) groups is 2. The van der Waals surface area contributed by atoms with E-state index in [2.05, 4.69) is 12.2 Å². The van der Waals surface area contributed by atoms with Gasteiger partial charge in [-0.15, -0.1) is 0 Å². The summed E-state index contributed by atoms with van der Waals surface area (Å²) in [5, 5.41) is 13.1. The van der Waals surface area contributed by atoms with E-state index in [-0.39, 0.29) is 42.1 Å². The van der Waals surface area contributed by atoms with Crippen LogP contribution < -0.4 is 10.7 Å². The zero-order valence-corrected chi connectivity index (χ0v) is 17.8. The van der Waals surface area contributed by atoms with Crippen molar-refractivity contribution in [2.24, 2.45) is 5.92 Å². The molecule has 2 aromatic rings. The fraction of sp³-hybridized carbons (Fsp3) is 0.435. The third-order valence-electron chi connectivity index (χ3n) is 6.76. The van der Waals surface area contributed by atoms with Crippen molar-refractivity contribution in [2.75, 3.05) is 0 Å². The fourth-order valence-electron chi connectivity index (χ4n) is 5.06. The van der Waals surface area contributed by atoms with Crippen molar-refractivity contribution in [1.29, 1.82) is 0 Å². The van der Waals surface area contributed by atoms with Crippen LogP contribution >= 0.6 is 0 Å². The first-order chi connectivity index (χ1) is 15.2. The molecule has 168 valence electrons. The maximum absolute atomic E-state index is 14.1. The molecule has 1 aromatic carbocycles. The Morgan fingerprint density at radius 2 is 2.09 bits per heavy atom. The number of pyridine rings is 1. The number of aryl methyl sites for hydroxylation is 1. The van der Waals surface area contributed by atoms with Gasteiger partial charge < -0.3 is 24.6 Å². The zero-order chi connectivity index (χ0) is 22.7. The van der Waals surface area contributed by atoms with E-state index in [0.29, 0.717) is 5.92 Å². The highest BCUT2D eigenvalue weighted by atomic mass is 19.1. The number of nitrogens with zero attached hydrogens (tertiary/aromatic N) is 2. The number of amides is 2. The van der Waals surface area contributed by atoms with Gasteiger partial charge in [-0.3, -0.25) is 14.4 Å². The Morgan fingerprint density at radius 3 is 2.84 bits per heavy atom. The van der Waals surface area contributed by atoms with Gasteiger partial charge in [-0.2, -0.15) is 0 Å². The summed E-state index contributed by atoms with van der Waals surface area (Å²) < 4.78 is 21.6. The minimum absolute atomic E-state index is 0.0110. The number of halogens is 1. The highest BCUT2D eigenvalue weighted by Crippen LogP contribution is 2.41. The summed E-state index contributed by atoms with van der Waals surface area (Å²) in [6.45, 7) is 3.93. The van der Waals surface area contributed by atoms with Crippen molar-refractivity contribution >= 4 is 11.8 Å². The Kier molecular flexibility index (Phi) is 4.81. The van der Waals surface area contributed by atoms with Crippen molar-refractivity contribution in [3.8, 4) is 5.75 Å². The van der Waals surface area contributed by atoms with E-state index in [4.69, 9.17) is 4.74 Å². The number of nitrogens with one attached hydrogen (secondary N) is 1. The third-order valence-corrected chi connectivity index (χ3v) is 6.76. The molecule has 2 bridgehead atoms. The van der Waals surface area contributed by atoms with E-state index in [0.717, 1.165) is 18.4 Å². The first kappa shape index (κ1) is 20.7. The minimum atomic E-state index is -0.930. The number of carbonyl (C=O) groups excluding carboxylic acids is 2. The smallest absolute Gasteiger partial charge is 0.276 e. The molecule has 1 aliphatic carbocycles. The lowest BCUT2D eigenvalue weighted by Crippen LogP contribution is -2.57. The molecule has 1 saturated carbocycles. The fourth-order valence-corrected chi connectivity index (χ4v) is 5.06. The normalized spacial score (nSPS) is 26.0. The highest BCUT2D eigenvalue weighted by Gasteiger charge is 2.50. The van der Waals surface area contributed by atoms with Crippen molar-refractivity contribution in [2.45, 2.75) is 58.2 Å². The third kappa shape index (κ3) is 3.19. The molecule has 9 heteroatoms. The molecule has 3 aliphatic rings. The summed E-state index contributed by atoms with van der Waals surface area (Å²) in [7, 11) is 0. The molecule has 3 heterocycles. The average Bonchev–Trinajstić information content (AvgIpc) is 3.03. The number of aromatic hydroxyl groups is 1. The van der Waals surface area contributed by atoms with Gasteiger partial charge in [0.05, 0.1) is 12.6 Å². The number of benzene rings is 1. The molecule has 1 unspecified atom stereocenters. The van der Waals surface area contributed by atoms with Gasteiger partial charge in [-0.05, 0) is 37.3 Å². The SMILES string of the molecule is Cc1ccc(CNC(=O)c2cn3c(c(O)c2=O)C(=O)N2[C@@H]4CC(C)[C@@H](C4)O[C@H]2C3)c(F)c1. The summed E-state index contributed by atoms with van der Waals surface area (Å²) in [4.78, 5) is 40.2. The maximum Gasteiger partial charge on any atom is 0.276 e. The largest absolute Gasteiger partial charge is 0.503 e. The summed E-state index contributed by atoms with van der Waals surface area (Å²) in [6.07, 6.45) is 2.38. The second-order valence-electron chi connectivity index (χ2n) is 8.94. The number of fused-ring (bicyclic) bond motifs is 5. The van der Waals surface area contributed by atoms with E-state index in [1.54, 1.807) is 24.0 Å². The van der Waals surface area contributed by atoms with Gasteiger partial charge in [0.2, 0.25) is 5.43 Å². The second kappa shape index (κ2) is 7.44. The summed E-state index contributed by atoms with van der Waals surface area (Å²) >= 11 is 0. The molecule has 2 amide bonds. The quantitative estimate of drug-likeness (QED) is 0.758. The van der Waals surface area contributed by atoms with Crippen LogP contribution in [0.5, 0.6) is 5.75 Å². The van der Waals surface area contributed by atoms with Crippen molar-refractivity contribution < 1.29 is 23.8 Å². The first-order valence-electron chi connectivity index (χ1n) is 10.7. The minimum Gasteiger partial charge on any atom is -0.503 e. The van der Waals surface area contributed by atoms with E-state index in [1.165, 1.54) is 16.8 Å². The van der Waals surface area contributed by atoms with Gasteiger partial charge in [0.15, 0.2) is 17.7 Å². The predicted molar refractivity (Wildman–Crippen MR) is 112 cm³/mol. The van der Waals surface area contributed by atoms with Crippen LogP contribution in [-0.2, 0) is 17.8 Å². The number of ether oxygens (including phenoxy) is 1. The van der Waals surface area contributed by atoms with Gasteiger partial charge in [-0.25, -0.2) is 4.39 Å². The zero-order valence-electron chi connectivity index (χ0n) is 17.8. The van der Waals surface area contributed by atoms with E-state index >= 15 is 0 Å². The number of hydrogen-bond donors (Lipinski definition) is 2. The van der Waals surface area contributed by atoms with Gasteiger partial charge in [0.1, 0.15) is 11.4 Å². The Bertz CT molecular complexity index is 1190. The molecule has 2 fully saturated rings. The van der Waals surface area contributed by atoms with Gasteiger partial charge >= 0.3 is 0 Å². The number of aromatic nitrogens is 1. The van der Waals surface area contributed by atoms with Crippen LogP contribution in [0.15, 0.2) is 29.2 Å². The van der Waals surface area contributed by atoms with Crippen LogP contribution in [0.4, 0.5) is 4.39 Å². The molecule has 4 atom stereocenters. The van der Waals surface area contributed by atoms with Gasteiger partial charge in [0, 0.05) is 24.3 Å². The standard InChI is InChI=1S/C23H24FN3O5/c1-11-3-4-13(16(24)5-11)8-25-22(30)15-9-26-10-18-27(14-6-12(2)17(7-14)32-18)23(31)19(26)21(29)20(15)28/h3-5,9,12,14,17-18,29H,6-8,10H2,1-2H3,(H,25,30)/t12?,14-,17-,18+/m1/s1. The van der Waals surface area contributed by atoms with Crippen molar-refractivity contribution in [1.82, 2.24) is 14.8 Å². The number of rotatable bonds is 3. The first-order valence-corrected chi connectivity index (χ1v) is 10.7. The Balaban J connectivity index is 1.43. The Labute approximate surface area is 183 Å². The van der Waals surface area contributed by atoms with E-state index < -0.39 is 35.0 Å². The van der Waals surface area contributed by atoms with Crippen molar-refractivity contribution in [3.63, 3.8) is 0 Å². The van der Waals surface area contributed by atoms with Crippen LogP contribution in [0.25, 0.3) is 0 Å². The molecule has 2 aliphatic heterocycles. The summed E-state index contributed by atoms with van der Waals surface area (Å²) in [5.41, 5.74) is -0.346. The predicted octanol–water partition coefficient (Wildman–Crippen LogP) is 1.91. The summed E-state index contributed by atoms with van der Waals surface area (Å²) in [5.74, 6) is -2.12. The topological polar surface area (TPSA) is 101 Å². The lowest BCUT2D eigenvalue weighted by molar-refractivity contribution is -0.138. The molecule has 32 heavy (non-hydrogen) atoms. The molecular weight excluding hydrogens is 417 g/mol. The molecule has 0 radical (unpaired) electrons. The second-order valence-corrected chi connectivity index (χ2v) is 8.94. The molecular formula is C23H24FN3O5. The van der Waals surface area contributed by atoms with Gasteiger partial charge in [0.25, 0.3) is 11.8 Å². The lowest BCUT2D eigenvalue weighted by Gasteiger charge is -2.44. The maximum atomic E-state index is 14.1. The molecule has 8 nitrogen and oxygen atoms in total. The van der Waals surface area contributed by atoms with Crippen molar-refractivity contribution in [3.05, 3.63) is 62.8 Å². The molecule has 2 N–H and O–H groups in total. The van der Waals surface area contributed by atoms with Crippen LogP contribution in [-0.4, -0.2) is 44.8 Å². The molecule has 0 spiro atoms. The monoisotopic (exact) mass is 441 g/mol. The highest BCUT2D eigenvalue weighted by molar-refractivity contribution is 5.99. The van der Waals surface area contributed by atoms with Crippen LogP contribution in [0.1, 0.15) is 51.7 Å². The molecule has 1 aromatic heterocycles. The average molecular weight is 441 g/mol. The summed E-state index contributed by atoms with van der Waals surface area (Å²) in [6, 6.07) is 4.65. The Morgan fingerprint density at radius 1 is 1.31 bits per heavy atom. The molecule has 5 rings (SSSR count). The van der Waals surface area contributed by atoms with Gasteiger partial charge in [-0.1, -0.05) is 19.1 Å². The van der Waals surface area contributed by atoms with Crippen LogP contribution in [0.3, 0.4) is 0 Å². The lowest BCUT2D eigenvalue weighted by atomic mass is 10.1. The molecule has 1 saturated heterocycles. The van der Waals surface area contributed by atoms with Crippen LogP contribution in [0, 0.1) is 18.7 Å². The van der Waals surface area contributed by atoms with E-state index in [9.17, 15) is 23.9 Å².